The summed E-state index contributed by atoms with van der Waals surface area (Å²) in [5, 5.41) is 6.19. The number of anilines is 2. The molecule has 0 bridgehead atoms. The number of carbonyl (C=O) groups excluding carboxylic acids is 1. The second kappa shape index (κ2) is 7.21. The van der Waals surface area contributed by atoms with Crippen LogP contribution in [-0.4, -0.2) is 38.4 Å². The summed E-state index contributed by atoms with van der Waals surface area (Å²) in [6.07, 6.45) is 4.71. The number of hydrogen-bond donors (Lipinski definition) is 2. The highest BCUT2D eigenvalue weighted by molar-refractivity contribution is 5.93. The summed E-state index contributed by atoms with van der Waals surface area (Å²) in [7, 11) is 2.03. The number of rotatable bonds is 4. The summed E-state index contributed by atoms with van der Waals surface area (Å²) in [5.41, 5.74) is 1.89. The minimum atomic E-state index is -0.112. The van der Waals surface area contributed by atoms with Crippen molar-refractivity contribution in [1.29, 1.82) is 0 Å². The van der Waals surface area contributed by atoms with Crippen molar-refractivity contribution in [1.82, 2.24) is 5.32 Å². The fourth-order valence-corrected chi connectivity index (χ4v) is 3.76. The van der Waals surface area contributed by atoms with E-state index in [4.69, 9.17) is 4.74 Å². The van der Waals surface area contributed by atoms with Gasteiger partial charge in [-0.1, -0.05) is 12.1 Å². The Morgan fingerprint density at radius 1 is 1.30 bits per heavy atom. The van der Waals surface area contributed by atoms with Crippen LogP contribution in [-0.2, 0) is 4.74 Å². The van der Waals surface area contributed by atoms with Crippen LogP contribution in [0.1, 0.15) is 32.6 Å². The SMILES string of the molecule is CCN(C)c1ccccc1NC(=O)N[C@@H]1CCC[C@H]2OCC[C@@H]12. The molecule has 1 aromatic carbocycles. The highest BCUT2D eigenvalue weighted by atomic mass is 16.5. The van der Waals surface area contributed by atoms with Gasteiger partial charge in [0.1, 0.15) is 0 Å². The van der Waals surface area contributed by atoms with E-state index >= 15 is 0 Å². The van der Waals surface area contributed by atoms with Gasteiger partial charge in [-0.15, -0.1) is 0 Å². The molecule has 0 unspecified atom stereocenters. The average molecular weight is 317 g/mol. The summed E-state index contributed by atoms with van der Waals surface area (Å²) in [6.45, 7) is 3.82. The maximum Gasteiger partial charge on any atom is 0.319 e. The predicted molar refractivity (Wildman–Crippen MR) is 93.0 cm³/mol. The zero-order chi connectivity index (χ0) is 16.2. The highest BCUT2D eigenvalue weighted by Crippen LogP contribution is 2.34. The van der Waals surface area contributed by atoms with E-state index in [1.165, 1.54) is 0 Å². The first-order chi connectivity index (χ1) is 11.2. The molecule has 1 saturated heterocycles. The highest BCUT2D eigenvalue weighted by Gasteiger charge is 2.38. The standard InChI is InChI=1S/C18H27N3O2/c1-3-21(2)16-9-5-4-7-15(16)20-18(22)19-14-8-6-10-17-13(14)11-12-23-17/h4-5,7,9,13-14,17H,3,6,8,10-12H2,1-2H3,(H2,19,20,22)/t13-,14+,17+/m0/s1. The van der Waals surface area contributed by atoms with Gasteiger partial charge in [0.25, 0.3) is 0 Å². The number of benzene rings is 1. The molecule has 2 N–H and O–H groups in total. The molecule has 126 valence electrons. The number of nitrogens with zero attached hydrogens (tertiary/aromatic N) is 1. The average Bonchev–Trinajstić information content (AvgIpc) is 3.04. The van der Waals surface area contributed by atoms with Gasteiger partial charge < -0.3 is 20.3 Å². The van der Waals surface area contributed by atoms with Gasteiger partial charge >= 0.3 is 6.03 Å². The Morgan fingerprint density at radius 3 is 2.96 bits per heavy atom. The first-order valence-electron chi connectivity index (χ1n) is 8.68. The van der Waals surface area contributed by atoms with Crippen LogP contribution in [0.2, 0.25) is 0 Å². The fraction of sp³-hybridized carbons (Fsp3) is 0.611. The smallest absolute Gasteiger partial charge is 0.319 e. The molecular formula is C18H27N3O2. The maximum absolute atomic E-state index is 12.5. The van der Waals surface area contributed by atoms with Gasteiger partial charge in [0.2, 0.25) is 0 Å². The van der Waals surface area contributed by atoms with E-state index in [2.05, 4.69) is 22.5 Å². The van der Waals surface area contributed by atoms with Gasteiger partial charge in [-0.2, -0.15) is 0 Å². The van der Waals surface area contributed by atoms with Crippen molar-refractivity contribution in [2.45, 2.75) is 44.8 Å². The quantitative estimate of drug-likeness (QED) is 0.896. The Kier molecular flexibility index (Phi) is 5.06. The Bertz CT molecular complexity index is 549. The number of hydrogen-bond acceptors (Lipinski definition) is 3. The molecule has 2 amide bonds. The van der Waals surface area contributed by atoms with Crippen LogP contribution in [0.25, 0.3) is 0 Å². The minimum Gasteiger partial charge on any atom is -0.378 e. The third-order valence-corrected chi connectivity index (χ3v) is 5.14. The molecule has 5 nitrogen and oxygen atoms in total. The number of fused-ring (bicyclic) bond motifs is 1. The van der Waals surface area contributed by atoms with Gasteiger partial charge in [-0.3, -0.25) is 0 Å². The minimum absolute atomic E-state index is 0.112. The molecule has 3 rings (SSSR count). The Morgan fingerprint density at radius 2 is 2.13 bits per heavy atom. The number of urea groups is 1. The van der Waals surface area contributed by atoms with Crippen molar-refractivity contribution in [2.75, 3.05) is 30.4 Å². The molecule has 2 fully saturated rings. The van der Waals surface area contributed by atoms with Crippen molar-refractivity contribution < 1.29 is 9.53 Å². The van der Waals surface area contributed by atoms with E-state index in [9.17, 15) is 4.79 Å². The van der Waals surface area contributed by atoms with Crippen LogP contribution in [0.5, 0.6) is 0 Å². The molecule has 1 aliphatic carbocycles. The summed E-state index contributed by atoms with van der Waals surface area (Å²) in [5.74, 6) is 0.475. The molecule has 0 aromatic heterocycles. The monoisotopic (exact) mass is 317 g/mol. The van der Waals surface area contributed by atoms with E-state index in [0.717, 1.165) is 50.2 Å². The van der Waals surface area contributed by atoms with E-state index in [-0.39, 0.29) is 12.1 Å². The van der Waals surface area contributed by atoms with Crippen LogP contribution in [0.4, 0.5) is 16.2 Å². The van der Waals surface area contributed by atoms with Crippen molar-refractivity contribution in [2.24, 2.45) is 5.92 Å². The molecule has 1 aliphatic heterocycles. The van der Waals surface area contributed by atoms with Crippen molar-refractivity contribution in [3.8, 4) is 0 Å². The third-order valence-electron chi connectivity index (χ3n) is 5.14. The molecule has 1 heterocycles. The third kappa shape index (κ3) is 3.61. The largest absolute Gasteiger partial charge is 0.378 e. The summed E-state index contributed by atoms with van der Waals surface area (Å²) in [4.78, 5) is 14.6. The zero-order valence-electron chi connectivity index (χ0n) is 14.0. The van der Waals surface area contributed by atoms with Crippen molar-refractivity contribution in [3.05, 3.63) is 24.3 Å². The second-order valence-electron chi connectivity index (χ2n) is 6.53. The molecule has 5 heteroatoms. The van der Waals surface area contributed by atoms with Crippen LogP contribution < -0.4 is 15.5 Å². The molecule has 1 saturated carbocycles. The normalized spacial score (nSPS) is 26.4. The number of amides is 2. The van der Waals surface area contributed by atoms with Gasteiger partial charge in [-0.25, -0.2) is 4.79 Å². The lowest BCUT2D eigenvalue weighted by atomic mass is 9.82. The molecule has 0 radical (unpaired) electrons. The lowest BCUT2D eigenvalue weighted by Crippen LogP contribution is -2.47. The molecule has 3 atom stereocenters. The first kappa shape index (κ1) is 16.1. The van der Waals surface area contributed by atoms with E-state index in [1.807, 2.05) is 31.3 Å². The predicted octanol–water partition coefficient (Wildman–Crippen LogP) is 3.22. The summed E-state index contributed by atoms with van der Waals surface area (Å²) in [6, 6.07) is 8.03. The van der Waals surface area contributed by atoms with Crippen LogP contribution in [0.15, 0.2) is 24.3 Å². The van der Waals surface area contributed by atoms with Gasteiger partial charge in [-0.05, 0) is 44.7 Å². The number of carbonyl (C=O) groups is 1. The van der Waals surface area contributed by atoms with Gasteiger partial charge in [0, 0.05) is 32.2 Å². The van der Waals surface area contributed by atoms with Crippen LogP contribution >= 0.6 is 0 Å². The van der Waals surface area contributed by atoms with E-state index < -0.39 is 0 Å². The van der Waals surface area contributed by atoms with Crippen molar-refractivity contribution in [3.63, 3.8) is 0 Å². The Balaban J connectivity index is 1.63. The summed E-state index contributed by atoms with van der Waals surface area (Å²) >= 11 is 0. The topological polar surface area (TPSA) is 53.6 Å². The number of para-hydroxylation sites is 2. The number of ether oxygens (including phenoxy) is 1. The Hall–Kier alpha value is -1.75. The molecule has 23 heavy (non-hydrogen) atoms. The summed E-state index contributed by atoms with van der Waals surface area (Å²) < 4.78 is 5.77. The molecule has 2 aliphatic rings. The molecule has 0 spiro atoms. The first-order valence-corrected chi connectivity index (χ1v) is 8.68. The maximum atomic E-state index is 12.5. The van der Waals surface area contributed by atoms with Gasteiger partial charge in [0.15, 0.2) is 0 Å². The van der Waals surface area contributed by atoms with Crippen LogP contribution in [0.3, 0.4) is 0 Å². The van der Waals surface area contributed by atoms with E-state index in [1.54, 1.807) is 0 Å². The number of nitrogens with one attached hydrogen (secondary N) is 2. The molecule has 1 aromatic rings. The lowest BCUT2D eigenvalue weighted by molar-refractivity contribution is 0.0553. The fourth-order valence-electron chi connectivity index (χ4n) is 3.76. The lowest BCUT2D eigenvalue weighted by Gasteiger charge is -2.33. The van der Waals surface area contributed by atoms with E-state index in [0.29, 0.717) is 12.0 Å². The Labute approximate surface area is 138 Å². The van der Waals surface area contributed by atoms with Crippen molar-refractivity contribution >= 4 is 17.4 Å². The second-order valence-corrected chi connectivity index (χ2v) is 6.53. The van der Waals surface area contributed by atoms with Crippen LogP contribution in [0, 0.1) is 5.92 Å². The zero-order valence-corrected chi connectivity index (χ0v) is 14.0. The van der Waals surface area contributed by atoms with Gasteiger partial charge in [0.05, 0.1) is 17.5 Å². The molecular weight excluding hydrogens is 290 g/mol.